The van der Waals surface area contributed by atoms with Crippen molar-refractivity contribution in [2.75, 3.05) is 0 Å². The molecule has 1 aromatic heterocycles. The Kier molecular flexibility index (Phi) is 1.56. The Hall–Kier alpha value is -0.805. The molecule has 0 amide bonds. The van der Waals surface area contributed by atoms with E-state index in [1.54, 1.807) is 0 Å². The molecule has 0 aliphatic carbocycles. The molecule has 1 saturated heterocycles. The summed E-state index contributed by atoms with van der Waals surface area (Å²) in [7, 11) is -0.793. The van der Waals surface area contributed by atoms with Crippen LogP contribution >= 0.6 is 0 Å². The van der Waals surface area contributed by atoms with Gasteiger partial charge in [0.05, 0.1) is 13.9 Å². The first-order chi connectivity index (χ1) is 10.5. The van der Waals surface area contributed by atoms with Crippen LogP contribution in [0.2, 0.25) is 0 Å². The molecule has 1 aromatic rings. The van der Waals surface area contributed by atoms with Gasteiger partial charge in [-0.2, -0.15) is 5.10 Å². The first-order valence-electron chi connectivity index (χ1n) is 8.94. The molecule has 0 atom stereocenters. The molecule has 0 N–H and O–H groups in total. The molecule has 2 rings (SSSR count). The number of rotatable bonds is 3. The third-order valence-electron chi connectivity index (χ3n) is 3.30. The van der Waals surface area contributed by atoms with Gasteiger partial charge in [-0.25, -0.2) is 0 Å². The van der Waals surface area contributed by atoms with Crippen LogP contribution in [0.5, 0.6) is 0 Å². The Morgan fingerprint density at radius 1 is 1.41 bits per heavy atom. The molecule has 0 radical (unpaired) electrons. The predicted octanol–water partition coefficient (Wildman–Crippen LogP) is 1.59. The highest BCUT2D eigenvalue weighted by molar-refractivity contribution is 6.61. The van der Waals surface area contributed by atoms with Crippen LogP contribution in [0.4, 0.5) is 0 Å². The second-order valence-corrected chi connectivity index (χ2v) is 5.04. The Morgan fingerprint density at radius 3 is 2.65 bits per heavy atom. The minimum Gasteiger partial charge on any atom is -0.399 e. The number of nitrogens with zero attached hydrogens (tertiary/aromatic N) is 2. The van der Waals surface area contributed by atoms with Crippen LogP contribution in [0.1, 0.15) is 50.5 Å². The van der Waals surface area contributed by atoms with Gasteiger partial charge >= 0.3 is 7.12 Å². The summed E-state index contributed by atoms with van der Waals surface area (Å²) in [5.41, 5.74) is -0.795. The SMILES string of the molecule is [2H]C([2H])([2H])C([2H])([2H])C([2H])([2H])n1cc(B2OC(C)(C)C(C)(C)O2)cn1. The van der Waals surface area contributed by atoms with E-state index < -0.39 is 38.0 Å². The predicted molar refractivity (Wildman–Crippen MR) is 68.2 cm³/mol. The van der Waals surface area contributed by atoms with Gasteiger partial charge in [0.15, 0.2) is 0 Å². The van der Waals surface area contributed by atoms with Crippen LogP contribution < -0.4 is 5.46 Å². The van der Waals surface area contributed by atoms with E-state index in [0.717, 1.165) is 0 Å². The summed E-state index contributed by atoms with van der Waals surface area (Å²) in [6, 6.07) is 0. The zero-order chi connectivity index (χ0) is 18.8. The fourth-order valence-electron chi connectivity index (χ4n) is 1.56. The van der Waals surface area contributed by atoms with Crippen molar-refractivity contribution < 1.29 is 18.9 Å². The monoisotopic (exact) mass is 243 g/mol. The van der Waals surface area contributed by atoms with Crippen molar-refractivity contribution in [2.45, 2.75) is 58.6 Å². The highest BCUT2D eigenvalue weighted by Gasteiger charge is 2.52. The zero-order valence-electron chi connectivity index (χ0n) is 17.4. The van der Waals surface area contributed by atoms with Gasteiger partial charge < -0.3 is 9.31 Å². The molecule has 94 valence electrons. The largest absolute Gasteiger partial charge is 0.498 e. The zero-order valence-corrected chi connectivity index (χ0v) is 10.4. The Bertz CT molecular complexity index is 611. The molecular weight excluding hydrogens is 215 g/mol. The minimum atomic E-state index is -3.15. The van der Waals surface area contributed by atoms with Crippen molar-refractivity contribution >= 4 is 12.6 Å². The average molecular weight is 243 g/mol. The van der Waals surface area contributed by atoms with Crippen LogP contribution in [0.3, 0.4) is 0 Å². The first-order valence-corrected chi connectivity index (χ1v) is 5.44. The molecule has 4 nitrogen and oxygen atoms in total. The van der Waals surface area contributed by atoms with Crippen LogP contribution in [0.15, 0.2) is 12.4 Å². The molecule has 0 unspecified atom stereocenters. The Morgan fingerprint density at radius 2 is 2.06 bits per heavy atom. The third-order valence-corrected chi connectivity index (χ3v) is 3.30. The number of aromatic nitrogens is 2. The van der Waals surface area contributed by atoms with Gasteiger partial charge in [0.25, 0.3) is 0 Å². The summed E-state index contributed by atoms with van der Waals surface area (Å²) in [5, 5.41) is 3.80. The maximum Gasteiger partial charge on any atom is 0.498 e. The highest BCUT2D eigenvalue weighted by Crippen LogP contribution is 2.36. The molecule has 0 spiro atoms. The van der Waals surface area contributed by atoms with Gasteiger partial charge in [-0.3, -0.25) is 4.68 Å². The smallest absolute Gasteiger partial charge is 0.399 e. The molecule has 1 aliphatic rings. The molecule has 17 heavy (non-hydrogen) atoms. The summed E-state index contributed by atoms with van der Waals surface area (Å²) in [5.74, 6) is 0. The molecule has 2 heterocycles. The molecule has 0 saturated carbocycles. The standard InChI is InChI=1S/C12H21BN2O2/c1-6-7-15-9-10(8-14-15)13-16-11(2,3)12(4,5)17-13/h8-9H,6-7H2,1-5H3/i1D3,6D2,7D2. The molecule has 1 aliphatic heterocycles. The Balaban J connectivity index is 2.32. The molecule has 0 bridgehead atoms. The van der Waals surface area contributed by atoms with E-state index in [0.29, 0.717) is 10.1 Å². The summed E-state index contributed by atoms with van der Waals surface area (Å²) in [6.45, 7) is 1.44. The van der Waals surface area contributed by atoms with E-state index in [-0.39, 0.29) is 0 Å². The van der Waals surface area contributed by atoms with Crippen molar-refractivity contribution in [3.63, 3.8) is 0 Å². The second kappa shape index (κ2) is 4.14. The van der Waals surface area contributed by atoms with Crippen LogP contribution in [0, 0.1) is 0 Å². The van der Waals surface area contributed by atoms with E-state index >= 15 is 0 Å². The van der Waals surface area contributed by atoms with Gasteiger partial charge in [0.1, 0.15) is 0 Å². The summed E-state index contributed by atoms with van der Waals surface area (Å²) < 4.78 is 65.2. The quantitative estimate of drug-likeness (QED) is 0.756. The van der Waals surface area contributed by atoms with Gasteiger partial charge in [0.2, 0.25) is 0 Å². The number of hydrogen-bond donors (Lipinski definition) is 0. The summed E-state index contributed by atoms with van der Waals surface area (Å²) in [4.78, 5) is 0. The van der Waals surface area contributed by atoms with Gasteiger partial charge in [-0.05, 0) is 34.1 Å². The van der Waals surface area contributed by atoms with E-state index in [9.17, 15) is 0 Å². The Labute approximate surface area is 113 Å². The van der Waals surface area contributed by atoms with E-state index in [1.165, 1.54) is 12.4 Å². The lowest BCUT2D eigenvalue weighted by molar-refractivity contribution is 0.00578. The topological polar surface area (TPSA) is 36.3 Å². The first kappa shape index (κ1) is 6.39. The lowest BCUT2D eigenvalue weighted by Gasteiger charge is -2.32. The fourth-order valence-corrected chi connectivity index (χ4v) is 1.56. The molecule has 5 heteroatoms. The lowest BCUT2D eigenvalue weighted by Crippen LogP contribution is -2.41. The molecule has 0 aromatic carbocycles. The fraction of sp³-hybridized carbons (Fsp3) is 0.750. The lowest BCUT2D eigenvalue weighted by atomic mass is 9.82. The van der Waals surface area contributed by atoms with Gasteiger partial charge in [0, 0.05) is 31.2 Å². The van der Waals surface area contributed by atoms with Crippen molar-refractivity contribution in [1.82, 2.24) is 9.78 Å². The van der Waals surface area contributed by atoms with Crippen molar-refractivity contribution in [3.05, 3.63) is 12.4 Å². The van der Waals surface area contributed by atoms with Crippen molar-refractivity contribution in [3.8, 4) is 0 Å². The van der Waals surface area contributed by atoms with Gasteiger partial charge in [-0.1, -0.05) is 6.85 Å². The summed E-state index contributed by atoms with van der Waals surface area (Å²) in [6.07, 6.45) is -0.624. The normalized spacial score (nSPS) is 30.6. The minimum absolute atomic E-state index is 0.388. The van der Waals surface area contributed by atoms with Crippen LogP contribution in [-0.4, -0.2) is 28.1 Å². The van der Waals surface area contributed by atoms with Gasteiger partial charge in [-0.15, -0.1) is 0 Å². The number of hydrogen-bond acceptors (Lipinski definition) is 3. The van der Waals surface area contributed by atoms with E-state index in [1.807, 2.05) is 27.7 Å². The summed E-state index contributed by atoms with van der Waals surface area (Å²) >= 11 is 0. The molecule has 1 fully saturated rings. The highest BCUT2D eigenvalue weighted by atomic mass is 16.7. The van der Waals surface area contributed by atoms with Crippen molar-refractivity contribution in [2.24, 2.45) is 0 Å². The van der Waals surface area contributed by atoms with Crippen LogP contribution in [0.25, 0.3) is 0 Å². The maximum atomic E-state index is 7.92. The average Bonchev–Trinajstić information content (AvgIpc) is 2.92. The maximum absolute atomic E-state index is 7.92. The van der Waals surface area contributed by atoms with Crippen LogP contribution in [-0.2, 0) is 15.8 Å². The third kappa shape index (κ3) is 2.26. The van der Waals surface area contributed by atoms with E-state index in [2.05, 4.69) is 5.10 Å². The second-order valence-electron chi connectivity index (χ2n) is 5.04. The number of aryl methyl sites for hydroxylation is 1. The van der Waals surface area contributed by atoms with E-state index in [4.69, 9.17) is 18.9 Å². The molecular formula is C12H21BN2O2. The van der Waals surface area contributed by atoms with Crippen molar-refractivity contribution in [1.29, 1.82) is 0 Å².